The lowest BCUT2D eigenvalue weighted by atomic mass is 9.87. The van der Waals surface area contributed by atoms with Crippen molar-refractivity contribution in [2.45, 2.75) is 67.8 Å². The van der Waals surface area contributed by atoms with E-state index >= 15 is 0 Å². The Labute approximate surface area is 195 Å². The molecule has 166 valence electrons. The van der Waals surface area contributed by atoms with Crippen LogP contribution in [0.3, 0.4) is 0 Å². The SMILES string of the molecule is O=C(COc1cccc(Cl)c1)N(CC1CCC2(CCCCCCC2)S1)c1ccccc1. The first-order chi connectivity index (χ1) is 15.1. The second-order valence-corrected chi connectivity index (χ2v) is 11.0. The van der Waals surface area contributed by atoms with Crippen LogP contribution in [0.5, 0.6) is 5.75 Å². The van der Waals surface area contributed by atoms with Gasteiger partial charge in [-0.15, -0.1) is 11.8 Å². The average Bonchev–Trinajstić information content (AvgIpc) is 3.17. The number of hydrogen-bond acceptors (Lipinski definition) is 3. The van der Waals surface area contributed by atoms with E-state index in [0.717, 1.165) is 12.2 Å². The second kappa shape index (κ2) is 10.8. The highest BCUT2D eigenvalue weighted by Crippen LogP contribution is 2.50. The fraction of sp³-hybridized carbons (Fsp3) is 0.500. The smallest absolute Gasteiger partial charge is 0.264 e. The number of ether oxygens (including phenoxy) is 1. The maximum absolute atomic E-state index is 13.2. The van der Waals surface area contributed by atoms with E-state index in [1.54, 1.807) is 12.1 Å². The first kappa shape index (κ1) is 22.5. The van der Waals surface area contributed by atoms with E-state index in [1.165, 1.54) is 57.8 Å². The van der Waals surface area contributed by atoms with Crippen molar-refractivity contribution in [1.29, 1.82) is 0 Å². The zero-order chi connectivity index (χ0) is 21.5. The molecule has 2 aliphatic rings. The predicted molar refractivity (Wildman–Crippen MR) is 131 cm³/mol. The Morgan fingerprint density at radius 2 is 1.74 bits per heavy atom. The van der Waals surface area contributed by atoms with E-state index in [1.807, 2.05) is 47.4 Å². The Kier molecular flexibility index (Phi) is 7.84. The number of hydrogen-bond donors (Lipinski definition) is 0. The predicted octanol–water partition coefficient (Wildman–Crippen LogP) is 7.13. The summed E-state index contributed by atoms with van der Waals surface area (Å²) in [6.45, 7) is 0.756. The minimum absolute atomic E-state index is 0.00890. The van der Waals surface area contributed by atoms with Crippen LogP contribution in [0.2, 0.25) is 5.02 Å². The quantitative estimate of drug-likeness (QED) is 0.462. The topological polar surface area (TPSA) is 29.5 Å². The Balaban J connectivity index is 1.42. The first-order valence-electron chi connectivity index (χ1n) is 11.6. The second-order valence-electron chi connectivity index (χ2n) is 8.82. The third-order valence-corrected chi connectivity index (χ3v) is 8.58. The minimum atomic E-state index is -0.00890. The van der Waals surface area contributed by atoms with Crippen LogP contribution in [0.15, 0.2) is 54.6 Å². The Hall–Kier alpha value is -1.65. The van der Waals surface area contributed by atoms with Gasteiger partial charge >= 0.3 is 0 Å². The summed E-state index contributed by atoms with van der Waals surface area (Å²) in [5, 5.41) is 1.09. The van der Waals surface area contributed by atoms with Gasteiger partial charge in [-0.2, -0.15) is 0 Å². The molecule has 4 rings (SSSR count). The normalized spacial score (nSPS) is 20.7. The number of halogens is 1. The molecule has 1 atom stereocenters. The van der Waals surface area contributed by atoms with Gasteiger partial charge in [-0.1, -0.05) is 68.0 Å². The number of anilines is 1. The largest absolute Gasteiger partial charge is 0.484 e. The third kappa shape index (κ3) is 6.20. The van der Waals surface area contributed by atoms with Crippen LogP contribution < -0.4 is 9.64 Å². The zero-order valence-corrected chi connectivity index (χ0v) is 19.7. The van der Waals surface area contributed by atoms with Crippen LogP contribution in [0.1, 0.15) is 57.8 Å². The molecule has 1 spiro atoms. The van der Waals surface area contributed by atoms with Gasteiger partial charge < -0.3 is 9.64 Å². The van der Waals surface area contributed by atoms with Gasteiger partial charge in [-0.05, 0) is 56.0 Å². The van der Waals surface area contributed by atoms with E-state index < -0.39 is 0 Å². The van der Waals surface area contributed by atoms with E-state index in [0.29, 0.717) is 20.8 Å². The molecule has 3 nitrogen and oxygen atoms in total. The Morgan fingerprint density at radius 1 is 1.00 bits per heavy atom. The standard InChI is InChI=1S/C26H32ClNO2S/c27-21-10-9-13-23(18-21)30-20-25(29)28(22-11-5-4-6-12-22)19-24-14-17-26(31-24)15-7-2-1-3-8-16-26/h4-6,9-13,18,24H,1-3,7-8,14-17,19-20H2. The molecule has 31 heavy (non-hydrogen) atoms. The molecule has 1 aliphatic heterocycles. The minimum Gasteiger partial charge on any atom is -0.484 e. The van der Waals surface area contributed by atoms with Gasteiger partial charge in [-0.25, -0.2) is 0 Å². The van der Waals surface area contributed by atoms with Crippen molar-refractivity contribution in [3.8, 4) is 5.75 Å². The molecule has 5 heteroatoms. The van der Waals surface area contributed by atoms with Crippen molar-refractivity contribution in [2.75, 3.05) is 18.1 Å². The monoisotopic (exact) mass is 457 g/mol. The number of benzene rings is 2. The van der Waals surface area contributed by atoms with E-state index in [4.69, 9.17) is 16.3 Å². The Morgan fingerprint density at radius 3 is 2.48 bits per heavy atom. The van der Waals surface area contributed by atoms with Crippen LogP contribution in [-0.4, -0.2) is 29.1 Å². The van der Waals surface area contributed by atoms with Gasteiger partial charge in [0.1, 0.15) is 5.75 Å². The lowest BCUT2D eigenvalue weighted by Crippen LogP contribution is -2.39. The van der Waals surface area contributed by atoms with E-state index in [-0.39, 0.29) is 12.5 Å². The van der Waals surface area contributed by atoms with Crippen molar-refractivity contribution < 1.29 is 9.53 Å². The molecular formula is C26H32ClNO2S. The molecule has 1 amide bonds. The van der Waals surface area contributed by atoms with E-state index in [2.05, 4.69) is 11.8 Å². The van der Waals surface area contributed by atoms with Gasteiger partial charge in [0.15, 0.2) is 6.61 Å². The molecule has 0 bridgehead atoms. The summed E-state index contributed by atoms with van der Waals surface area (Å²) in [4.78, 5) is 15.1. The van der Waals surface area contributed by atoms with Gasteiger partial charge in [0.25, 0.3) is 5.91 Å². The summed E-state index contributed by atoms with van der Waals surface area (Å²) >= 11 is 8.21. The molecule has 1 saturated heterocycles. The molecule has 0 radical (unpaired) electrons. The third-order valence-electron chi connectivity index (χ3n) is 6.52. The highest BCUT2D eigenvalue weighted by Gasteiger charge is 2.40. The van der Waals surface area contributed by atoms with Crippen LogP contribution in [0, 0.1) is 0 Å². The maximum atomic E-state index is 13.2. The van der Waals surface area contributed by atoms with Gasteiger partial charge in [0, 0.05) is 27.3 Å². The molecule has 0 N–H and O–H groups in total. The molecular weight excluding hydrogens is 426 g/mol. The van der Waals surface area contributed by atoms with Crippen LogP contribution in [0.4, 0.5) is 5.69 Å². The van der Waals surface area contributed by atoms with Crippen molar-refractivity contribution in [2.24, 2.45) is 0 Å². The molecule has 2 fully saturated rings. The van der Waals surface area contributed by atoms with Gasteiger partial charge in [0.05, 0.1) is 0 Å². The Bertz CT molecular complexity index is 851. The molecule has 2 aromatic carbocycles. The fourth-order valence-electron chi connectivity index (χ4n) is 4.88. The summed E-state index contributed by atoms with van der Waals surface area (Å²) in [5.74, 6) is 0.614. The van der Waals surface area contributed by atoms with Crippen molar-refractivity contribution >= 4 is 35.0 Å². The van der Waals surface area contributed by atoms with E-state index in [9.17, 15) is 4.79 Å². The zero-order valence-electron chi connectivity index (χ0n) is 18.1. The highest BCUT2D eigenvalue weighted by molar-refractivity contribution is 8.01. The molecule has 1 aliphatic carbocycles. The number of rotatable bonds is 6. The summed E-state index contributed by atoms with van der Waals surface area (Å²) in [6.07, 6.45) is 12.0. The number of carbonyl (C=O) groups is 1. The van der Waals surface area contributed by atoms with Crippen molar-refractivity contribution in [3.63, 3.8) is 0 Å². The number of thioether (sulfide) groups is 1. The molecule has 1 unspecified atom stereocenters. The highest BCUT2D eigenvalue weighted by atomic mass is 35.5. The van der Waals surface area contributed by atoms with Crippen LogP contribution >= 0.6 is 23.4 Å². The van der Waals surface area contributed by atoms with Crippen LogP contribution in [0.25, 0.3) is 0 Å². The summed E-state index contributed by atoms with van der Waals surface area (Å²) in [7, 11) is 0. The lowest BCUT2D eigenvalue weighted by Gasteiger charge is -2.32. The lowest BCUT2D eigenvalue weighted by molar-refractivity contribution is -0.120. The molecule has 1 saturated carbocycles. The fourth-order valence-corrected chi connectivity index (χ4v) is 6.99. The van der Waals surface area contributed by atoms with Crippen molar-refractivity contribution in [1.82, 2.24) is 0 Å². The number of nitrogens with zero attached hydrogens (tertiary/aromatic N) is 1. The van der Waals surface area contributed by atoms with Crippen LogP contribution in [-0.2, 0) is 4.79 Å². The number of amides is 1. The van der Waals surface area contributed by atoms with Crippen molar-refractivity contribution in [3.05, 3.63) is 59.6 Å². The molecule has 0 aromatic heterocycles. The van der Waals surface area contributed by atoms with Gasteiger partial charge in [0.2, 0.25) is 0 Å². The first-order valence-corrected chi connectivity index (χ1v) is 12.8. The van der Waals surface area contributed by atoms with Gasteiger partial charge in [-0.3, -0.25) is 4.79 Å². The summed E-state index contributed by atoms with van der Waals surface area (Å²) in [5.41, 5.74) is 0.946. The number of para-hydroxylation sites is 1. The number of carbonyl (C=O) groups excluding carboxylic acids is 1. The summed E-state index contributed by atoms with van der Waals surface area (Å²) < 4.78 is 6.21. The summed E-state index contributed by atoms with van der Waals surface area (Å²) in [6, 6.07) is 17.2. The molecule has 1 heterocycles. The molecule has 2 aromatic rings. The average molecular weight is 458 g/mol. The maximum Gasteiger partial charge on any atom is 0.264 e.